The Kier molecular flexibility index (Phi) is 2.99. The molecule has 0 aliphatic carbocycles. The first-order chi connectivity index (χ1) is 8.15. The molecular weight excluding hydrogens is 222 g/mol. The number of likely N-dealkylation sites (tertiary alicyclic amines) is 1. The van der Waals surface area contributed by atoms with Crippen LogP contribution in [0.3, 0.4) is 0 Å². The van der Waals surface area contributed by atoms with Gasteiger partial charge in [-0.05, 0) is 12.8 Å². The number of aromatic amines is 1. The van der Waals surface area contributed by atoms with E-state index in [1.54, 1.807) is 11.9 Å². The van der Waals surface area contributed by atoms with Crippen molar-refractivity contribution in [3.8, 4) is 0 Å². The van der Waals surface area contributed by atoms with Crippen LogP contribution in [-0.4, -0.2) is 46.5 Å². The topological polar surface area (TPSA) is 104 Å². The Hall–Kier alpha value is -2.05. The lowest BCUT2D eigenvalue weighted by atomic mass is 10.2. The van der Waals surface area contributed by atoms with E-state index >= 15 is 0 Å². The molecule has 92 valence electrons. The first-order valence-electron chi connectivity index (χ1n) is 5.46. The molecule has 0 spiro atoms. The quantitative estimate of drug-likeness (QED) is 0.635. The van der Waals surface area contributed by atoms with Crippen LogP contribution in [-0.2, 0) is 4.79 Å². The summed E-state index contributed by atoms with van der Waals surface area (Å²) in [6, 6.07) is -0.401. The van der Waals surface area contributed by atoms with Gasteiger partial charge in [-0.15, -0.1) is 0 Å². The minimum absolute atomic E-state index is 0.141. The number of carbonyl (C=O) groups excluding carboxylic acids is 2. The number of likely N-dealkylation sites (N-methyl/N-ethyl adjacent to an activating group) is 1. The Balaban J connectivity index is 2.19. The van der Waals surface area contributed by atoms with Gasteiger partial charge in [0.25, 0.3) is 5.91 Å². The number of hydrogen-bond donors (Lipinski definition) is 3. The summed E-state index contributed by atoms with van der Waals surface area (Å²) in [6.45, 7) is 0.571. The number of nitrogens with one attached hydrogen (secondary N) is 2. The predicted molar refractivity (Wildman–Crippen MR) is 61.1 cm³/mol. The average Bonchev–Trinajstić information content (AvgIpc) is 2.95. The number of nitrogen functional groups attached to an aromatic ring is 1. The Labute approximate surface area is 98.4 Å². The van der Waals surface area contributed by atoms with Crippen molar-refractivity contribution < 1.29 is 9.59 Å². The number of rotatable bonds is 2. The van der Waals surface area contributed by atoms with E-state index in [2.05, 4.69) is 15.5 Å². The molecule has 1 atom stereocenters. The minimum Gasteiger partial charge on any atom is -0.383 e. The van der Waals surface area contributed by atoms with Crippen LogP contribution in [0.15, 0.2) is 6.20 Å². The van der Waals surface area contributed by atoms with Crippen LogP contribution in [0.2, 0.25) is 0 Å². The highest BCUT2D eigenvalue weighted by molar-refractivity contribution is 6.00. The number of anilines is 1. The molecule has 0 radical (unpaired) electrons. The zero-order chi connectivity index (χ0) is 12.4. The highest BCUT2D eigenvalue weighted by Gasteiger charge is 2.34. The van der Waals surface area contributed by atoms with Crippen molar-refractivity contribution in [1.29, 1.82) is 0 Å². The number of aromatic nitrogens is 2. The van der Waals surface area contributed by atoms with E-state index in [1.165, 1.54) is 6.20 Å². The van der Waals surface area contributed by atoms with Crippen LogP contribution in [0, 0.1) is 0 Å². The van der Waals surface area contributed by atoms with Gasteiger partial charge < -0.3 is 16.0 Å². The minimum atomic E-state index is -0.401. The van der Waals surface area contributed by atoms with E-state index in [0.29, 0.717) is 18.5 Å². The molecule has 7 nitrogen and oxygen atoms in total. The lowest BCUT2D eigenvalue weighted by molar-refractivity contribution is -0.124. The summed E-state index contributed by atoms with van der Waals surface area (Å²) < 4.78 is 0. The van der Waals surface area contributed by atoms with Crippen molar-refractivity contribution in [1.82, 2.24) is 20.4 Å². The zero-order valence-electron chi connectivity index (χ0n) is 9.56. The Morgan fingerprint density at radius 2 is 2.41 bits per heavy atom. The van der Waals surface area contributed by atoms with Crippen molar-refractivity contribution in [3.05, 3.63) is 11.8 Å². The fourth-order valence-electron chi connectivity index (χ4n) is 2.07. The highest BCUT2D eigenvalue weighted by Crippen LogP contribution is 2.21. The van der Waals surface area contributed by atoms with Gasteiger partial charge in [-0.25, -0.2) is 0 Å². The molecule has 1 unspecified atom stereocenters. The second-order valence-electron chi connectivity index (χ2n) is 3.97. The number of nitrogens with zero attached hydrogens (tertiary/aromatic N) is 2. The van der Waals surface area contributed by atoms with Crippen LogP contribution in [0.25, 0.3) is 0 Å². The van der Waals surface area contributed by atoms with Gasteiger partial charge in [0.2, 0.25) is 5.91 Å². The zero-order valence-corrected chi connectivity index (χ0v) is 9.56. The van der Waals surface area contributed by atoms with Crippen molar-refractivity contribution in [3.63, 3.8) is 0 Å². The van der Waals surface area contributed by atoms with Crippen molar-refractivity contribution in [2.24, 2.45) is 0 Å². The van der Waals surface area contributed by atoms with E-state index in [-0.39, 0.29) is 17.6 Å². The third-order valence-electron chi connectivity index (χ3n) is 2.96. The van der Waals surface area contributed by atoms with Crippen molar-refractivity contribution >= 4 is 17.6 Å². The van der Waals surface area contributed by atoms with Gasteiger partial charge in [0.05, 0.1) is 6.20 Å². The molecule has 0 saturated carbocycles. The maximum Gasteiger partial charge on any atom is 0.259 e. The first kappa shape index (κ1) is 11.4. The molecule has 17 heavy (non-hydrogen) atoms. The van der Waals surface area contributed by atoms with E-state index in [1.807, 2.05) is 0 Å². The number of H-pyrrole nitrogens is 1. The third kappa shape index (κ3) is 1.95. The van der Waals surface area contributed by atoms with Crippen LogP contribution in [0.4, 0.5) is 5.82 Å². The van der Waals surface area contributed by atoms with E-state index < -0.39 is 6.04 Å². The molecule has 1 aromatic rings. The van der Waals surface area contributed by atoms with Gasteiger partial charge in [0, 0.05) is 13.6 Å². The molecule has 1 saturated heterocycles. The molecule has 1 aliphatic rings. The summed E-state index contributed by atoms with van der Waals surface area (Å²) >= 11 is 0. The Morgan fingerprint density at radius 1 is 1.65 bits per heavy atom. The summed E-state index contributed by atoms with van der Waals surface area (Å²) in [5.74, 6) is -0.155. The third-order valence-corrected chi connectivity index (χ3v) is 2.96. The van der Waals surface area contributed by atoms with Gasteiger partial charge >= 0.3 is 0 Å². The number of carbonyl (C=O) groups is 2. The molecule has 2 amide bonds. The summed E-state index contributed by atoms with van der Waals surface area (Å²) in [4.78, 5) is 25.3. The maximum absolute atomic E-state index is 12.2. The Bertz CT molecular complexity index is 442. The van der Waals surface area contributed by atoms with E-state index in [9.17, 15) is 9.59 Å². The van der Waals surface area contributed by atoms with Crippen molar-refractivity contribution in [2.45, 2.75) is 18.9 Å². The lowest BCUT2D eigenvalue weighted by Crippen LogP contribution is -2.44. The summed E-state index contributed by atoms with van der Waals surface area (Å²) in [7, 11) is 1.57. The second-order valence-corrected chi connectivity index (χ2v) is 3.97. The molecule has 0 aromatic carbocycles. The fraction of sp³-hybridized carbons (Fsp3) is 0.500. The van der Waals surface area contributed by atoms with Crippen LogP contribution in [0.1, 0.15) is 23.2 Å². The van der Waals surface area contributed by atoms with Crippen LogP contribution < -0.4 is 11.1 Å². The van der Waals surface area contributed by atoms with Crippen molar-refractivity contribution in [2.75, 3.05) is 19.3 Å². The smallest absolute Gasteiger partial charge is 0.259 e. The van der Waals surface area contributed by atoms with Gasteiger partial charge in [-0.1, -0.05) is 0 Å². The standard InChI is InChI=1S/C10H15N5O2/c1-12-9(16)7-3-2-4-15(7)10(17)6-5-13-14-8(6)11/h5,7H,2-4H2,1H3,(H,12,16)(H3,11,13,14). The SMILES string of the molecule is CNC(=O)C1CCCN1C(=O)c1cn[nH]c1N. The molecular formula is C10H15N5O2. The molecule has 1 aliphatic heterocycles. The monoisotopic (exact) mass is 237 g/mol. The average molecular weight is 237 g/mol. The van der Waals surface area contributed by atoms with E-state index in [0.717, 1.165) is 6.42 Å². The highest BCUT2D eigenvalue weighted by atomic mass is 16.2. The van der Waals surface area contributed by atoms with Crippen LogP contribution in [0.5, 0.6) is 0 Å². The van der Waals surface area contributed by atoms with Crippen LogP contribution >= 0.6 is 0 Å². The molecule has 2 rings (SSSR count). The van der Waals surface area contributed by atoms with Gasteiger partial charge in [0.1, 0.15) is 17.4 Å². The number of amides is 2. The summed E-state index contributed by atoms with van der Waals surface area (Å²) in [5.41, 5.74) is 5.92. The number of hydrogen-bond acceptors (Lipinski definition) is 4. The van der Waals surface area contributed by atoms with E-state index in [4.69, 9.17) is 5.73 Å². The normalized spacial score (nSPS) is 19.4. The largest absolute Gasteiger partial charge is 0.383 e. The maximum atomic E-state index is 12.2. The van der Waals surface area contributed by atoms with Gasteiger partial charge in [-0.2, -0.15) is 5.10 Å². The first-order valence-corrected chi connectivity index (χ1v) is 5.46. The molecule has 0 bridgehead atoms. The summed E-state index contributed by atoms with van der Waals surface area (Å²) in [6.07, 6.45) is 2.89. The summed E-state index contributed by atoms with van der Waals surface area (Å²) in [5, 5.41) is 8.78. The van der Waals surface area contributed by atoms with Gasteiger partial charge in [0.15, 0.2) is 0 Å². The lowest BCUT2D eigenvalue weighted by Gasteiger charge is -2.22. The molecule has 4 N–H and O–H groups in total. The molecule has 2 heterocycles. The molecule has 1 aromatic heterocycles. The second kappa shape index (κ2) is 4.44. The molecule has 7 heteroatoms. The Morgan fingerprint density at radius 3 is 3.00 bits per heavy atom. The molecule has 1 fully saturated rings. The van der Waals surface area contributed by atoms with Gasteiger partial charge in [-0.3, -0.25) is 14.7 Å². The fourth-order valence-corrected chi connectivity index (χ4v) is 2.07. The predicted octanol–water partition coefficient (Wildman–Crippen LogP) is -0.657. The number of nitrogens with two attached hydrogens (primary N) is 1.